The van der Waals surface area contributed by atoms with Gasteiger partial charge in [-0.2, -0.15) is 0 Å². The van der Waals surface area contributed by atoms with Crippen molar-refractivity contribution in [1.82, 2.24) is 0 Å². The number of hydrogen-bond acceptors (Lipinski definition) is 36. The molecule has 0 spiro atoms. The highest BCUT2D eigenvalue weighted by molar-refractivity contribution is 5.05. The smallest absolute Gasteiger partial charge is 0.222 e. The Bertz CT molecular complexity index is 1940. The Morgan fingerprint density at radius 1 is 0.256 bits per heavy atom. The van der Waals surface area contributed by atoms with Crippen LogP contribution in [0.4, 0.5) is 0 Å². The molecule has 0 amide bonds. The first kappa shape index (κ1) is 64.1. The molecular formula is C42H72O36. The maximum absolute atomic E-state index is 11.6. The summed E-state index contributed by atoms with van der Waals surface area (Å²) >= 11 is 0. The van der Waals surface area contributed by atoms with Gasteiger partial charge in [0.15, 0.2) is 0 Å². The van der Waals surface area contributed by atoms with Crippen LogP contribution in [0.1, 0.15) is 0 Å². The molecule has 7 aliphatic rings. The van der Waals surface area contributed by atoms with Crippen molar-refractivity contribution in [2.75, 3.05) is 92.5 Å². The Balaban J connectivity index is 1.04. The predicted octanol–water partition coefficient (Wildman–Crippen LogP) is -16.3. The number of ether oxygens (including phenoxy) is 13. The summed E-state index contributed by atoms with van der Waals surface area (Å²) in [4.78, 5) is 0. The van der Waals surface area contributed by atoms with E-state index in [0.29, 0.717) is 0 Å². The molecule has 456 valence electrons. The van der Waals surface area contributed by atoms with Gasteiger partial charge in [-0.3, -0.25) is 0 Å². The molecule has 36 nitrogen and oxygen atoms in total. The Hall–Kier alpha value is -1.44. The molecule has 0 saturated carbocycles. The van der Waals surface area contributed by atoms with Crippen LogP contribution < -0.4 is 0 Å². The molecule has 0 radical (unpaired) electrons. The van der Waals surface area contributed by atoms with Crippen molar-refractivity contribution in [3.8, 4) is 0 Å². The average Bonchev–Trinajstić information content (AvgIpc) is 4.24. The van der Waals surface area contributed by atoms with E-state index in [0.717, 1.165) is 0 Å². The quantitative estimate of drug-likeness (QED) is 0.0382. The second kappa shape index (κ2) is 24.6. The van der Waals surface area contributed by atoms with Gasteiger partial charge in [0.05, 0.1) is 52.9 Å². The molecule has 78 heavy (non-hydrogen) atoms. The van der Waals surface area contributed by atoms with Gasteiger partial charge in [-0.15, -0.1) is 0 Å². The first-order chi connectivity index (χ1) is 36.7. The summed E-state index contributed by atoms with van der Waals surface area (Å²) in [6, 6.07) is 0. The lowest BCUT2D eigenvalue weighted by atomic mass is 10.0. The van der Waals surface area contributed by atoms with Gasteiger partial charge < -0.3 is 179 Å². The lowest BCUT2D eigenvalue weighted by Crippen LogP contribution is -2.56. The number of aliphatic hydroxyl groups excluding tert-OH is 22. The first-order valence-electron chi connectivity index (χ1n) is 24.4. The molecule has 0 bridgehead atoms. The van der Waals surface area contributed by atoms with E-state index in [2.05, 4.69) is 0 Å². The van der Waals surface area contributed by atoms with Gasteiger partial charge in [0.2, 0.25) is 40.5 Å². The van der Waals surface area contributed by atoms with E-state index in [1.54, 1.807) is 0 Å². The second-order valence-electron chi connectivity index (χ2n) is 20.0. The summed E-state index contributed by atoms with van der Waals surface area (Å²) in [5.41, 5.74) is 0. The van der Waals surface area contributed by atoms with Gasteiger partial charge in [-0.1, -0.05) is 0 Å². The summed E-state index contributed by atoms with van der Waals surface area (Å²) in [5.74, 6) is -18.3. The fourth-order valence-electron chi connectivity index (χ4n) is 10.2. The van der Waals surface area contributed by atoms with Crippen LogP contribution in [0.3, 0.4) is 0 Å². The standard InChI is InChI=1S/C42H72O36/c43-1-15-22(51)30(59)37(9-46,73-15)67-4-18-25(54)32(61)39(11-48,75-18)68-5-19-26(55)33(62)40(12-49,76-19)69-6-21-28(57)35(64)42(78-21,14-71-41(13-50)31(60)23(52)16(2-44)74-41)70-7-20-27(56)34(63)38(10-47,77-20)66-3-17-24(53)29(58)36(65,8-45)72-17/h15-35,43-65H,1-14H2/t15-,16-,17-,18-,19-,20-,21-,22-,23-,24-,25-,26-,27-,28-,29+,30+,31+,32+,33+,34+,35+,36-,37-,38-,39-,40-,41-,42-/m1/s1. The fraction of sp³-hybridized carbons (Fsp3) is 1.00. The van der Waals surface area contributed by atoms with E-state index in [4.69, 9.17) is 61.6 Å². The molecule has 7 aliphatic heterocycles. The van der Waals surface area contributed by atoms with E-state index in [1.165, 1.54) is 0 Å². The summed E-state index contributed by atoms with van der Waals surface area (Å²) in [6.45, 7) is -15.0. The van der Waals surface area contributed by atoms with Crippen molar-refractivity contribution in [3.63, 3.8) is 0 Å². The summed E-state index contributed by atoms with van der Waals surface area (Å²) in [7, 11) is 0. The Labute approximate surface area is 439 Å². The van der Waals surface area contributed by atoms with Crippen LogP contribution >= 0.6 is 0 Å². The number of hydrogen-bond donors (Lipinski definition) is 23. The third-order valence-electron chi connectivity index (χ3n) is 15.2. The summed E-state index contributed by atoms with van der Waals surface area (Å²) < 4.78 is 72.6. The highest BCUT2D eigenvalue weighted by atomic mass is 16.8. The Morgan fingerprint density at radius 3 is 0.731 bits per heavy atom. The van der Waals surface area contributed by atoms with E-state index in [-0.39, 0.29) is 0 Å². The highest BCUT2D eigenvalue weighted by Crippen LogP contribution is 2.43. The van der Waals surface area contributed by atoms with Gasteiger partial charge in [0, 0.05) is 0 Å². The van der Waals surface area contributed by atoms with Gasteiger partial charge in [-0.25, -0.2) is 0 Å². The molecule has 36 heteroatoms. The lowest BCUT2D eigenvalue weighted by Gasteiger charge is -2.38. The third kappa shape index (κ3) is 11.1. The summed E-state index contributed by atoms with van der Waals surface area (Å²) in [5, 5.41) is 242. The number of rotatable bonds is 26. The molecule has 0 unspecified atom stereocenters. The van der Waals surface area contributed by atoms with Crippen LogP contribution in [0.25, 0.3) is 0 Å². The fourth-order valence-corrected chi connectivity index (χ4v) is 10.2. The minimum atomic E-state index is -2.82. The van der Waals surface area contributed by atoms with Crippen molar-refractivity contribution in [3.05, 3.63) is 0 Å². The number of aliphatic hydroxyl groups is 23. The van der Waals surface area contributed by atoms with Crippen LogP contribution in [-0.4, -0.2) is 379 Å². The maximum atomic E-state index is 11.6. The van der Waals surface area contributed by atoms with Crippen LogP contribution in [-0.2, 0) is 61.6 Å². The van der Waals surface area contributed by atoms with E-state index in [9.17, 15) is 117 Å². The van der Waals surface area contributed by atoms with Crippen molar-refractivity contribution in [2.45, 2.75) is 169 Å². The van der Waals surface area contributed by atoms with Crippen LogP contribution in [0.5, 0.6) is 0 Å². The van der Waals surface area contributed by atoms with Gasteiger partial charge in [0.1, 0.15) is 168 Å². The Kier molecular flexibility index (Phi) is 20.3. The van der Waals surface area contributed by atoms with Gasteiger partial charge in [0.25, 0.3) is 0 Å². The minimum absolute atomic E-state index is 0.800. The average molecular weight is 1150 g/mol. The lowest BCUT2D eigenvalue weighted by molar-refractivity contribution is -0.350. The van der Waals surface area contributed by atoms with Gasteiger partial charge >= 0.3 is 0 Å². The molecule has 28 atom stereocenters. The zero-order valence-electron chi connectivity index (χ0n) is 41.1. The molecule has 7 saturated heterocycles. The minimum Gasteiger partial charge on any atom is -0.394 e. The zero-order chi connectivity index (χ0) is 57.7. The summed E-state index contributed by atoms with van der Waals surface area (Å²) in [6.07, 6.45) is -40.5. The molecule has 7 fully saturated rings. The second-order valence-corrected chi connectivity index (χ2v) is 20.0. The van der Waals surface area contributed by atoms with Crippen LogP contribution in [0.15, 0.2) is 0 Å². The zero-order valence-corrected chi connectivity index (χ0v) is 41.1. The molecule has 7 heterocycles. The van der Waals surface area contributed by atoms with Crippen LogP contribution in [0, 0.1) is 0 Å². The predicted molar refractivity (Wildman–Crippen MR) is 232 cm³/mol. The molecule has 7 rings (SSSR count). The largest absolute Gasteiger partial charge is 0.394 e. The Morgan fingerprint density at radius 2 is 0.474 bits per heavy atom. The van der Waals surface area contributed by atoms with Crippen molar-refractivity contribution < 1.29 is 179 Å². The SMILES string of the molecule is OC[C@H]1O[C@@](CO)(OC[C@H]2O[C@@](CO)(OC[C@H]3O[C@@](CO)(OC[C@H]4O[C@@](CO[C@]5(CO)O[C@H](CO)[C@@H](O)[C@@H]5O)(OC[C@H]5O[C@@](CO)(OC[C@H]6O[C@](O)(CO)[C@@H](O)[C@@H]6O)[C@@H](O)[C@@H]5O)[C@@H](O)[C@@H]4O)[C@@H](O)[C@@H]3O)[C@@H](O)[C@@H]2O)[C@@H](O)[C@@H]1O. The third-order valence-corrected chi connectivity index (χ3v) is 15.2. The molecular weight excluding hydrogens is 1080 g/mol. The molecule has 0 aromatic heterocycles. The normalized spacial score (nSPS) is 52.4. The van der Waals surface area contributed by atoms with E-state index >= 15 is 0 Å². The van der Waals surface area contributed by atoms with Crippen molar-refractivity contribution in [2.24, 2.45) is 0 Å². The molecule has 0 aromatic rings. The topological polar surface area (TPSA) is 585 Å². The van der Waals surface area contributed by atoms with E-state index < -0.39 is 261 Å². The maximum Gasteiger partial charge on any atom is 0.222 e. The monoisotopic (exact) mass is 1150 g/mol. The first-order valence-corrected chi connectivity index (χ1v) is 24.4. The molecule has 0 aliphatic carbocycles. The molecule has 23 N–H and O–H groups in total. The highest BCUT2D eigenvalue weighted by Gasteiger charge is 2.65. The van der Waals surface area contributed by atoms with Gasteiger partial charge in [-0.05, 0) is 0 Å². The molecule has 0 aromatic carbocycles. The van der Waals surface area contributed by atoms with Crippen LogP contribution in [0.2, 0.25) is 0 Å². The van der Waals surface area contributed by atoms with Crippen molar-refractivity contribution in [1.29, 1.82) is 0 Å². The van der Waals surface area contributed by atoms with E-state index in [1.807, 2.05) is 0 Å². The van der Waals surface area contributed by atoms with Crippen molar-refractivity contribution >= 4 is 0 Å².